The van der Waals surface area contributed by atoms with E-state index in [1.807, 2.05) is 0 Å². The zero-order chi connectivity index (χ0) is 16.9. The van der Waals surface area contributed by atoms with Gasteiger partial charge >= 0.3 is 0 Å². The summed E-state index contributed by atoms with van der Waals surface area (Å²) in [6.45, 7) is 0. The van der Waals surface area contributed by atoms with Crippen molar-refractivity contribution in [2.24, 2.45) is 5.73 Å². The second-order valence-electron chi connectivity index (χ2n) is 4.39. The third-order valence-corrected chi connectivity index (χ3v) is 4.80. The van der Waals surface area contributed by atoms with Crippen LogP contribution in [0.2, 0.25) is 0 Å². The fourth-order valence-electron chi connectivity index (χ4n) is 2.12. The highest BCUT2D eigenvalue weighted by atomic mass is 35.5. The summed E-state index contributed by atoms with van der Waals surface area (Å²) >= 11 is 0. The minimum atomic E-state index is -3.60. The first-order chi connectivity index (χ1) is 11.1. The van der Waals surface area contributed by atoms with Gasteiger partial charge in [0.2, 0.25) is 9.84 Å². The highest BCUT2D eigenvalue weighted by Gasteiger charge is 2.20. The van der Waals surface area contributed by atoms with E-state index in [4.69, 9.17) is 11.2 Å². The average Bonchev–Trinajstić information content (AvgIpc) is 3.04. The molecule has 3 aromatic rings. The molecule has 126 valence electrons. The molecule has 7 heteroatoms. The molecule has 0 saturated heterocycles. The van der Waals surface area contributed by atoms with Gasteiger partial charge in [0.05, 0.1) is 10.4 Å². The highest BCUT2D eigenvalue weighted by Crippen LogP contribution is 2.29. The summed E-state index contributed by atoms with van der Waals surface area (Å²) < 4.78 is 30.2. The van der Waals surface area contributed by atoms with Crippen LogP contribution in [0.15, 0.2) is 64.5 Å². The van der Waals surface area contributed by atoms with Crippen LogP contribution in [-0.4, -0.2) is 20.4 Å². The SMILES string of the molecule is C#COc1cccc2cc(S(=O)(=O)c3ccccc3)[nH]c12.CN.Cl. The van der Waals surface area contributed by atoms with Gasteiger partial charge in [-0.1, -0.05) is 36.8 Å². The quantitative estimate of drug-likeness (QED) is 0.700. The Balaban J connectivity index is 0.000000925. The minimum absolute atomic E-state index is 0. The number of aromatic nitrogens is 1. The van der Waals surface area contributed by atoms with Gasteiger partial charge in [-0.25, -0.2) is 8.42 Å². The Bertz CT molecular complexity index is 945. The number of rotatable bonds is 3. The zero-order valence-electron chi connectivity index (χ0n) is 12.9. The second kappa shape index (κ2) is 8.41. The number of H-pyrrole nitrogens is 1. The van der Waals surface area contributed by atoms with Gasteiger partial charge in [0.15, 0.2) is 5.75 Å². The van der Waals surface area contributed by atoms with E-state index in [-0.39, 0.29) is 22.3 Å². The number of hydrogen-bond acceptors (Lipinski definition) is 4. The van der Waals surface area contributed by atoms with Crippen LogP contribution in [0.5, 0.6) is 5.75 Å². The standard InChI is InChI=1S/C16H11NO3S.CH5N.ClH/c1-2-20-14-10-6-7-12-11-15(17-16(12)14)21(18,19)13-8-4-3-5-9-13;1-2;/h1,3-11,17H;2H2,1H3;1H. The van der Waals surface area contributed by atoms with E-state index >= 15 is 0 Å². The summed E-state index contributed by atoms with van der Waals surface area (Å²) in [4.78, 5) is 3.11. The van der Waals surface area contributed by atoms with Crippen molar-refractivity contribution in [2.45, 2.75) is 9.92 Å². The summed E-state index contributed by atoms with van der Waals surface area (Å²) in [7, 11) is -2.10. The van der Waals surface area contributed by atoms with Gasteiger partial charge in [-0.3, -0.25) is 0 Å². The summed E-state index contributed by atoms with van der Waals surface area (Å²) in [5.74, 6) is 0.421. The molecule has 0 aliphatic rings. The smallest absolute Gasteiger partial charge is 0.221 e. The largest absolute Gasteiger partial charge is 0.406 e. The number of ether oxygens (including phenoxy) is 1. The van der Waals surface area contributed by atoms with E-state index in [1.54, 1.807) is 54.6 Å². The molecule has 0 amide bonds. The number of nitrogens with two attached hydrogens (primary N) is 1. The Morgan fingerprint density at radius 3 is 2.38 bits per heavy atom. The molecule has 1 aromatic heterocycles. The van der Waals surface area contributed by atoms with Gasteiger partial charge in [-0.05, 0) is 31.3 Å². The number of fused-ring (bicyclic) bond motifs is 1. The molecule has 0 atom stereocenters. The Kier molecular flexibility index (Phi) is 6.86. The summed E-state index contributed by atoms with van der Waals surface area (Å²) in [6.07, 6.45) is 7.22. The normalized spacial score (nSPS) is 10.0. The lowest BCUT2D eigenvalue weighted by Crippen LogP contribution is -2.01. The molecule has 0 spiro atoms. The van der Waals surface area contributed by atoms with E-state index in [2.05, 4.69) is 16.8 Å². The fourth-order valence-corrected chi connectivity index (χ4v) is 3.41. The van der Waals surface area contributed by atoms with Gasteiger partial charge < -0.3 is 15.5 Å². The lowest BCUT2D eigenvalue weighted by atomic mass is 10.2. The number of sulfone groups is 1. The predicted molar refractivity (Wildman–Crippen MR) is 97.0 cm³/mol. The third-order valence-electron chi connectivity index (χ3n) is 3.11. The maximum absolute atomic E-state index is 12.6. The van der Waals surface area contributed by atoms with Crippen molar-refractivity contribution in [3.8, 4) is 18.3 Å². The molecule has 0 radical (unpaired) electrons. The number of nitrogens with one attached hydrogen (secondary N) is 1. The molecule has 1 heterocycles. The minimum Gasteiger partial charge on any atom is -0.406 e. The maximum atomic E-state index is 12.6. The Morgan fingerprint density at radius 1 is 1.08 bits per heavy atom. The number of para-hydroxylation sites is 1. The van der Waals surface area contributed by atoms with Gasteiger partial charge in [-0.15, -0.1) is 12.4 Å². The summed E-state index contributed by atoms with van der Waals surface area (Å²) in [5, 5.41) is 0.828. The van der Waals surface area contributed by atoms with Crippen molar-refractivity contribution in [1.29, 1.82) is 0 Å². The molecule has 0 saturated carbocycles. The first-order valence-electron chi connectivity index (χ1n) is 6.75. The number of hydrogen-bond donors (Lipinski definition) is 2. The number of aromatic amines is 1. The monoisotopic (exact) mass is 364 g/mol. The van der Waals surface area contributed by atoms with Crippen molar-refractivity contribution in [3.63, 3.8) is 0 Å². The zero-order valence-corrected chi connectivity index (χ0v) is 14.5. The van der Waals surface area contributed by atoms with Crippen LogP contribution in [-0.2, 0) is 9.84 Å². The van der Waals surface area contributed by atoms with Crippen LogP contribution in [0.3, 0.4) is 0 Å². The van der Waals surface area contributed by atoms with Crippen molar-refractivity contribution < 1.29 is 13.2 Å². The van der Waals surface area contributed by atoms with Crippen LogP contribution in [0.1, 0.15) is 0 Å². The van der Waals surface area contributed by atoms with E-state index in [9.17, 15) is 8.42 Å². The fraction of sp³-hybridized carbons (Fsp3) is 0.0588. The van der Waals surface area contributed by atoms with Crippen LogP contribution in [0.25, 0.3) is 10.9 Å². The summed E-state index contributed by atoms with van der Waals surface area (Å²) in [5.41, 5.74) is 5.06. The predicted octanol–water partition coefficient (Wildman–Crippen LogP) is 2.97. The number of halogens is 1. The Labute approximate surface area is 147 Å². The van der Waals surface area contributed by atoms with Crippen LogP contribution in [0.4, 0.5) is 0 Å². The van der Waals surface area contributed by atoms with Crippen molar-refractivity contribution >= 4 is 33.1 Å². The first kappa shape index (κ1) is 19.6. The Hall–Kier alpha value is -2.46. The Morgan fingerprint density at radius 2 is 1.75 bits per heavy atom. The molecule has 3 rings (SSSR count). The van der Waals surface area contributed by atoms with Crippen LogP contribution >= 0.6 is 12.4 Å². The van der Waals surface area contributed by atoms with Gasteiger partial charge in [0.1, 0.15) is 11.1 Å². The van der Waals surface area contributed by atoms with Crippen LogP contribution < -0.4 is 10.5 Å². The lowest BCUT2D eigenvalue weighted by Gasteiger charge is -2.01. The molecule has 24 heavy (non-hydrogen) atoms. The third kappa shape index (κ3) is 3.71. The molecule has 0 aliphatic heterocycles. The molecule has 2 aromatic carbocycles. The number of benzene rings is 2. The van der Waals surface area contributed by atoms with Gasteiger partial charge in [0.25, 0.3) is 0 Å². The average molecular weight is 365 g/mol. The molecule has 0 aliphatic carbocycles. The second-order valence-corrected chi connectivity index (χ2v) is 6.31. The summed E-state index contributed by atoms with van der Waals surface area (Å²) in [6, 6.07) is 15.0. The maximum Gasteiger partial charge on any atom is 0.221 e. The highest BCUT2D eigenvalue weighted by molar-refractivity contribution is 7.91. The molecule has 5 nitrogen and oxygen atoms in total. The van der Waals surface area contributed by atoms with E-state index < -0.39 is 9.84 Å². The topological polar surface area (TPSA) is 85.2 Å². The first-order valence-corrected chi connectivity index (χ1v) is 8.23. The van der Waals surface area contributed by atoms with E-state index in [0.29, 0.717) is 11.3 Å². The molecule has 3 N–H and O–H groups in total. The molecule has 0 fully saturated rings. The van der Waals surface area contributed by atoms with Crippen molar-refractivity contribution in [1.82, 2.24) is 4.98 Å². The lowest BCUT2D eigenvalue weighted by molar-refractivity contribution is 0.525. The molecule has 0 bridgehead atoms. The number of terminal acetylenes is 1. The van der Waals surface area contributed by atoms with E-state index in [1.165, 1.54) is 7.05 Å². The molecular weight excluding hydrogens is 348 g/mol. The van der Waals surface area contributed by atoms with Crippen molar-refractivity contribution in [3.05, 3.63) is 54.6 Å². The van der Waals surface area contributed by atoms with Gasteiger partial charge in [-0.2, -0.15) is 0 Å². The molecular formula is C17H17ClN2O3S. The molecule has 0 unspecified atom stereocenters. The van der Waals surface area contributed by atoms with Crippen LogP contribution in [0, 0.1) is 12.5 Å². The van der Waals surface area contributed by atoms with Gasteiger partial charge in [0, 0.05) is 5.39 Å². The van der Waals surface area contributed by atoms with Crippen molar-refractivity contribution in [2.75, 3.05) is 7.05 Å². The van der Waals surface area contributed by atoms with E-state index in [0.717, 1.165) is 5.39 Å².